The summed E-state index contributed by atoms with van der Waals surface area (Å²) in [4.78, 5) is 32.4. The number of nitrogen functional groups attached to an aromatic ring is 1. The van der Waals surface area contributed by atoms with Crippen LogP contribution < -0.4 is 11.3 Å². The maximum atomic E-state index is 11.9. The molecular weight excluding hydrogens is 408 g/mol. The fourth-order valence-electron chi connectivity index (χ4n) is 2.94. The van der Waals surface area contributed by atoms with E-state index in [-0.39, 0.29) is 28.5 Å². The first-order valence-electron chi connectivity index (χ1n) is 7.08. The molecule has 0 aliphatic carbocycles. The third kappa shape index (κ3) is 2.48. The molecule has 0 radical (unpaired) electrons. The van der Waals surface area contributed by atoms with Gasteiger partial charge in [0.05, 0.1) is 0 Å². The summed E-state index contributed by atoms with van der Waals surface area (Å²) in [5, 5.41) is 10.6. The van der Waals surface area contributed by atoms with Crippen molar-refractivity contribution in [3.63, 3.8) is 0 Å². The number of imidazole rings is 1. The van der Waals surface area contributed by atoms with E-state index in [4.69, 9.17) is 19.5 Å². The Bertz CT molecular complexity index is 875. The summed E-state index contributed by atoms with van der Waals surface area (Å²) in [6, 6.07) is 0. The summed E-state index contributed by atoms with van der Waals surface area (Å²) in [6.45, 7) is 0.0951. The van der Waals surface area contributed by atoms with E-state index in [0.29, 0.717) is 0 Å². The Morgan fingerprint density at radius 1 is 1.50 bits per heavy atom. The number of anilines is 1. The Hall–Kier alpha value is -1.08. The number of aliphatic hydroxyl groups is 1. The van der Waals surface area contributed by atoms with E-state index in [1.165, 1.54) is 12.1 Å². The molecule has 11 nitrogen and oxygen atoms in total. The molecule has 1 unspecified atom stereocenters. The second-order valence-corrected chi connectivity index (χ2v) is 8.75. The van der Waals surface area contributed by atoms with E-state index in [0.717, 1.165) is 0 Å². The first-order chi connectivity index (χ1) is 11.3. The minimum atomic E-state index is -3.28. The van der Waals surface area contributed by atoms with Crippen molar-refractivity contribution in [1.29, 1.82) is 0 Å². The molecule has 24 heavy (non-hydrogen) atoms. The number of rotatable bonds is 1. The van der Waals surface area contributed by atoms with Crippen molar-refractivity contribution >= 4 is 48.4 Å². The number of H-pyrrole nitrogens is 1. The average Bonchev–Trinajstić information content (AvgIpc) is 2.96. The number of nitrogens with two attached hydrogens (primary N) is 1. The third-order valence-electron chi connectivity index (χ3n) is 3.96. The van der Waals surface area contributed by atoms with Gasteiger partial charge in [0, 0.05) is 0 Å². The first-order valence-corrected chi connectivity index (χ1v) is 10.1. The summed E-state index contributed by atoms with van der Waals surface area (Å²) in [6.07, 6.45) is -3.37. The van der Waals surface area contributed by atoms with Crippen LogP contribution >= 0.6 is 23.8 Å². The predicted molar refractivity (Wildman–Crippen MR) is 90.1 cm³/mol. The summed E-state index contributed by atoms with van der Waals surface area (Å²) in [5.41, 5.74) is 5.31. The summed E-state index contributed by atoms with van der Waals surface area (Å²) in [7, 11) is -1.82. The monoisotopic (exact) mass is 421 g/mol. The van der Waals surface area contributed by atoms with Gasteiger partial charge in [-0.1, -0.05) is 0 Å². The van der Waals surface area contributed by atoms with E-state index in [1.54, 1.807) is 0 Å². The second kappa shape index (κ2) is 5.46. The zero-order valence-corrected chi connectivity index (χ0v) is 14.9. The molecule has 2 aliphatic heterocycles. The zero-order valence-electron chi connectivity index (χ0n) is 12.3. The minimum absolute atomic E-state index is 0.0558. The van der Waals surface area contributed by atoms with Gasteiger partial charge in [-0.2, -0.15) is 0 Å². The van der Waals surface area contributed by atoms with Crippen LogP contribution in [0.15, 0.2) is 9.53 Å². The summed E-state index contributed by atoms with van der Waals surface area (Å²) < 4.78 is 18.2. The van der Waals surface area contributed by atoms with Crippen LogP contribution in [0.5, 0.6) is 0 Å². The van der Waals surface area contributed by atoms with Crippen LogP contribution in [0, 0.1) is 0 Å². The standard InChI is InChI=1S/C10H14BBrN5O6P/c11-24(20)21-1-2-5(23-24)4(18)8(22-2)17-6-3(14-9(17)12)7(19)16-10(13)15-6/h2,4-5,8,18,20,24H,1,11H2,(H3,13,15,16,19)/t2-,4?,5-,8-/m1/s1. The molecule has 0 amide bonds. The van der Waals surface area contributed by atoms with Crippen molar-refractivity contribution in [3.05, 3.63) is 15.1 Å². The number of aromatic nitrogens is 4. The van der Waals surface area contributed by atoms with Gasteiger partial charge in [0.1, 0.15) is 0 Å². The SMILES string of the molecule is B[PH]1(O)OC[C@H]2O[C@@H](n3c(Br)nc4c(=O)[nH]c(N)nc43)C(O)[C@@H]2O1. The van der Waals surface area contributed by atoms with Crippen molar-refractivity contribution in [3.8, 4) is 0 Å². The van der Waals surface area contributed by atoms with E-state index < -0.39 is 37.9 Å². The third-order valence-corrected chi connectivity index (χ3v) is 5.93. The summed E-state index contributed by atoms with van der Waals surface area (Å²) >= 11 is 3.24. The molecule has 2 fully saturated rings. The Morgan fingerprint density at radius 3 is 3.00 bits per heavy atom. The molecule has 14 heteroatoms. The number of aromatic amines is 1. The predicted octanol–water partition coefficient (Wildman–Crippen LogP) is -1.83. The number of ether oxygens (including phenoxy) is 1. The number of fused-ring (bicyclic) bond motifs is 2. The molecule has 4 atom stereocenters. The molecule has 2 aliphatic rings. The van der Waals surface area contributed by atoms with Crippen molar-refractivity contribution < 1.29 is 23.8 Å². The number of hydrogen-bond acceptors (Lipinski definition) is 9. The van der Waals surface area contributed by atoms with Crippen molar-refractivity contribution in [2.75, 3.05) is 12.3 Å². The van der Waals surface area contributed by atoms with Crippen LogP contribution in [0.25, 0.3) is 11.2 Å². The quantitative estimate of drug-likeness (QED) is 0.236. The molecule has 2 aromatic heterocycles. The fourth-order valence-corrected chi connectivity index (χ4v) is 4.82. The number of nitrogens with zero attached hydrogens (tertiary/aromatic N) is 3. The average molecular weight is 422 g/mol. The molecule has 4 rings (SSSR count). The van der Waals surface area contributed by atoms with E-state index in [2.05, 4.69) is 30.9 Å². The number of aliphatic hydroxyl groups excluding tert-OH is 1. The topological polar surface area (TPSA) is 158 Å². The molecule has 0 aromatic carbocycles. The van der Waals surface area contributed by atoms with E-state index >= 15 is 0 Å². The molecule has 0 bridgehead atoms. The van der Waals surface area contributed by atoms with Gasteiger partial charge in [-0.05, 0) is 0 Å². The zero-order chi connectivity index (χ0) is 17.2. The van der Waals surface area contributed by atoms with Gasteiger partial charge >= 0.3 is 144 Å². The first kappa shape index (κ1) is 16.4. The molecule has 2 saturated heterocycles. The van der Waals surface area contributed by atoms with Crippen LogP contribution in [0.4, 0.5) is 5.95 Å². The Balaban J connectivity index is 1.79. The van der Waals surface area contributed by atoms with Gasteiger partial charge in [-0.25, -0.2) is 0 Å². The molecule has 0 saturated carbocycles. The van der Waals surface area contributed by atoms with Gasteiger partial charge < -0.3 is 0 Å². The molecule has 5 N–H and O–H groups in total. The van der Waals surface area contributed by atoms with Gasteiger partial charge in [0.15, 0.2) is 0 Å². The normalized spacial score (nSPS) is 33.5. The molecule has 2 aromatic rings. The van der Waals surface area contributed by atoms with E-state index in [9.17, 15) is 14.8 Å². The maximum absolute atomic E-state index is 11.9. The van der Waals surface area contributed by atoms with Crippen LogP contribution in [-0.2, 0) is 13.8 Å². The van der Waals surface area contributed by atoms with Crippen molar-refractivity contribution in [1.82, 2.24) is 19.5 Å². The Labute approximate surface area is 144 Å². The molecular formula is C10H14BBrN5O6P. The summed E-state index contributed by atoms with van der Waals surface area (Å²) in [5.74, 6) is -0.0824. The molecule has 130 valence electrons. The van der Waals surface area contributed by atoms with Crippen LogP contribution in [0.3, 0.4) is 0 Å². The van der Waals surface area contributed by atoms with Crippen LogP contribution in [-0.4, -0.2) is 62.0 Å². The van der Waals surface area contributed by atoms with Gasteiger partial charge in [-0.3, -0.25) is 0 Å². The van der Waals surface area contributed by atoms with Gasteiger partial charge in [0.25, 0.3) is 0 Å². The number of halogens is 1. The number of hydrogen-bond donors (Lipinski definition) is 4. The van der Waals surface area contributed by atoms with E-state index in [1.807, 2.05) is 0 Å². The van der Waals surface area contributed by atoms with Crippen molar-refractivity contribution in [2.24, 2.45) is 0 Å². The fraction of sp³-hybridized carbons (Fsp3) is 0.500. The molecule has 4 heterocycles. The Kier molecular flexibility index (Phi) is 3.73. The second-order valence-electron chi connectivity index (χ2n) is 5.72. The molecule has 0 spiro atoms. The van der Waals surface area contributed by atoms with Crippen LogP contribution in [0.1, 0.15) is 6.23 Å². The van der Waals surface area contributed by atoms with Crippen molar-refractivity contribution in [2.45, 2.75) is 24.5 Å². The Morgan fingerprint density at radius 2 is 2.25 bits per heavy atom. The van der Waals surface area contributed by atoms with Gasteiger partial charge in [-0.15, -0.1) is 0 Å². The van der Waals surface area contributed by atoms with Crippen LogP contribution in [0.2, 0.25) is 0 Å². The van der Waals surface area contributed by atoms with Gasteiger partial charge in [0.2, 0.25) is 0 Å². The number of nitrogens with one attached hydrogen (secondary N) is 1.